The zero-order valence-corrected chi connectivity index (χ0v) is 17.7. The lowest BCUT2D eigenvalue weighted by molar-refractivity contribution is -0.0180. The number of azide groups is 1. The SMILES string of the molecule is CC(C)(C)OC(=O)N1CC[C@H](N=[N+]=[N-])[C@@H]1CO[C@H]1CC[C@@H](c2ccccc2)CC1. The van der Waals surface area contributed by atoms with Crippen molar-refractivity contribution in [2.24, 2.45) is 5.11 Å². The second-order valence-corrected chi connectivity index (χ2v) is 9.02. The molecule has 2 fully saturated rings. The van der Waals surface area contributed by atoms with Crippen LogP contribution in [-0.4, -0.2) is 47.9 Å². The fraction of sp³-hybridized carbons (Fsp3) is 0.682. The predicted octanol–water partition coefficient (Wildman–Crippen LogP) is 5.42. The number of rotatable bonds is 5. The number of carbonyl (C=O) groups is 1. The minimum atomic E-state index is -0.561. The van der Waals surface area contributed by atoms with Crippen molar-refractivity contribution in [3.63, 3.8) is 0 Å². The lowest BCUT2D eigenvalue weighted by Crippen LogP contribution is -2.45. The van der Waals surface area contributed by atoms with Gasteiger partial charge in [-0.05, 0) is 69.9 Å². The lowest BCUT2D eigenvalue weighted by Gasteiger charge is -2.33. The molecule has 0 radical (unpaired) electrons. The van der Waals surface area contributed by atoms with Crippen molar-refractivity contribution in [2.75, 3.05) is 13.2 Å². The van der Waals surface area contributed by atoms with Crippen molar-refractivity contribution in [3.8, 4) is 0 Å². The van der Waals surface area contributed by atoms with Gasteiger partial charge in [-0.1, -0.05) is 35.4 Å². The number of hydrogen-bond donors (Lipinski definition) is 0. The van der Waals surface area contributed by atoms with Gasteiger partial charge in [-0.3, -0.25) is 0 Å². The quantitative estimate of drug-likeness (QED) is 0.376. The van der Waals surface area contributed by atoms with Crippen molar-refractivity contribution < 1.29 is 14.3 Å². The highest BCUT2D eigenvalue weighted by molar-refractivity contribution is 5.69. The van der Waals surface area contributed by atoms with E-state index in [1.807, 2.05) is 20.8 Å². The molecule has 29 heavy (non-hydrogen) atoms. The molecule has 1 saturated heterocycles. The minimum absolute atomic E-state index is 0.183. The smallest absolute Gasteiger partial charge is 0.410 e. The van der Waals surface area contributed by atoms with Gasteiger partial charge >= 0.3 is 6.09 Å². The number of likely N-dealkylation sites (tertiary alicyclic amines) is 1. The number of amides is 1. The van der Waals surface area contributed by atoms with Gasteiger partial charge in [-0.15, -0.1) is 0 Å². The van der Waals surface area contributed by atoms with Crippen LogP contribution >= 0.6 is 0 Å². The van der Waals surface area contributed by atoms with E-state index in [9.17, 15) is 4.79 Å². The lowest BCUT2D eigenvalue weighted by atomic mass is 9.83. The maximum absolute atomic E-state index is 12.6. The second-order valence-electron chi connectivity index (χ2n) is 9.02. The Bertz CT molecular complexity index is 719. The van der Waals surface area contributed by atoms with Crippen LogP contribution in [0.15, 0.2) is 35.4 Å². The first-order valence-electron chi connectivity index (χ1n) is 10.6. The summed E-state index contributed by atoms with van der Waals surface area (Å²) < 4.78 is 11.7. The third-order valence-corrected chi connectivity index (χ3v) is 5.79. The van der Waals surface area contributed by atoms with E-state index in [1.54, 1.807) is 4.90 Å². The van der Waals surface area contributed by atoms with Gasteiger partial charge in [0.15, 0.2) is 0 Å². The number of nitrogens with zero attached hydrogens (tertiary/aromatic N) is 4. The molecule has 7 heteroatoms. The highest BCUT2D eigenvalue weighted by Gasteiger charge is 2.39. The molecular formula is C22H32N4O3. The van der Waals surface area contributed by atoms with Crippen LogP contribution in [0.2, 0.25) is 0 Å². The fourth-order valence-electron chi connectivity index (χ4n) is 4.31. The van der Waals surface area contributed by atoms with Crippen LogP contribution in [0.3, 0.4) is 0 Å². The van der Waals surface area contributed by atoms with Gasteiger partial charge in [0, 0.05) is 11.5 Å². The molecule has 7 nitrogen and oxygen atoms in total. The molecule has 3 rings (SSSR count). The van der Waals surface area contributed by atoms with Crippen molar-refractivity contribution >= 4 is 6.09 Å². The molecule has 1 heterocycles. The molecule has 0 aromatic heterocycles. The molecule has 0 bridgehead atoms. The van der Waals surface area contributed by atoms with Crippen molar-refractivity contribution in [1.29, 1.82) is 0 Å². The summed E-state index contributed by atoms with van der Waals surface area (Å²) in [4.78, 5) is 17.2. The number of carbonyl (C=O) groups excluding carboxylic acids is 1. The highest BCUT2D eigenvalue weighted by atomic mass is 16.6. The summed E-state index contributed by atoms with van der Waals surface area (Å²) in [5.41, 5.74) is 9.74. The van der Waals surface area contributed by atoms with Crippen LogP contribution in [-0.2, 0) is 9.47 Å². The number of ether oxygens (including phenoxy) is 2. The van der Waals surface area contributed by atoms with E-state index in [2.05, 4.69) is 40.4 Å². The monoisotopic (exact) mass is 400 g/mol. The molecule has 0 N–H and O–H groups in total. The largest absolute Gasteiger partial charge is 0.444 e. The Morgan fingerprint density at radius 3 is 2.48 bits per heavy atom. The molecule has 1 aliphatic heterocycles. The molecule has 1 aliphatic carbocycles. The van der Waals surface area contributed by atoms with Crippen LogP contribution in [0.1, 0.15) is 64.4 Å². The molecule has 158 valence electrons. The molecule has 1 aromatic rings. The summed E-state index contributed by atoms with van der Waals surface area (Å²) >= 11 is 0. The second kappa shape index (κ2) is 9.51. The summed E-state index contributed by atoms with van der Waals surface area (Å²) in [6.07, 6.45) is 4.68. The first-order valence-corrected chi connectivity index (χ1v) is 10.6. The van der Waals surface area contributed by atoms with Gasteiger partial charge in [0.05, 0.1) is 24.8 Å². The van der Waals surface area contributed by atoms with E-state index in [-0.39, 0.29) is 24.3 Å². The Labute approximate surface area is 173 Å². The summed E-state index contributed by atoms with van der Waals surface area (Å²) in [6, 6.07) is 10.1. The number of hydrogen-bond acceptors (Lipinski definition) is 4. The Hall–Kier alpha value is -2.24. The van der Waals surface area contributed by atoms with E-state index in [4.69, 9.17) is 15.0 Å². The zero-order valence-electron chi connectivity index (χ0n) is 17.7. The van der Waals surface area contributed by atoms with Crippen LogP contribution < -0.4 is 0 Å². The normalized spacial score (nSPS) is 27.3. The third kappa shape index (κ3) is 5.87. The molecular weight excluding hydrogens is 368 g/mol. The van der Waals surface area contributed by atoms with Crippen LogP contribution in [0.25, 0.3) is 10.4 Å². The summed E-state index contributed by atoms with van der Waals surface area (Å²) in [7, 11) is 0. The van der Waals surface area contributed by atoms with Crippen LogP contribution in [0.5, 0.6) is 0 Å². The summed E-state index contributed by atoms with van der Waals surface area (Å²) in [5, 5.41) is 3.90. The van der Waals surface area contributed by atoms with Crippen molar-refractivity contribution in [1.82, 2.24) is 4.90 Å². The minimum Gasteiger partial charge on any atom is -0.444 e. The molecule has 0 unspecified atom stereocenters. The highest BCUT2D eigenvalue weighted by Crippen LogP contribution is 2.34. The molecule has 2 atom stereocenters. The van der Waals surface area contributed by atoms with Gasteiger partial charge in [0.2, 0.25) is 0 Å². The molecule has 1 amide bonds. The average Bonchev–Trinajstić information content (AvgIpc) is 3.09. The topological polar surface area (TPSA) is 87.5 Å². The maximum atomic E-state index is 12.6. The third-order valence-electron chi connectivity index (χ3n) is 5.79. The summed E-state index contributed by atoms with van der Waals surface area (Å²) in [5.74, 6) is 0.594. The molecule has 1 saturated carbocycles. The van der Waals surface area contributed by atoms with Crippen LogP contribution in [0, 0.1) is 0 Å². The first-order chi connectivity index (χ1) is 13.9. The van der Waals surface area contributed by atoms with Gasteiger partial charge in [-0.2, -0.15) is 0 Å². The number of benzene rings is 1. The Kier molecular flexibility index (Phi) is 7.04. The van der Waals surface area contributed by atoms with Crippen molar-refractivity contribution in [3.05, 3.63) is 46.3 Å². The van der Waals surface area contributed by atoms with E-state index < -0.39 is 5.60 Å². The van der Waals surface area contributed by atoms with E-state index >= 15 is 0 Å². The Morgan fingerprint density at radius 1 is 1.17 bits per heavy atom. The standard InChI is InChI=1S/C22H32N4O3/c1-22(2,3)29-21(27)26-14-13-19(24-25-23)20(26)15-28-18-11-9-17(10-12-18)16-7-5-4-6-8-16/h4-8,17-20H,9-15H2,1-3H3/t17-,18+,19-,20-/m0/s1. The first kappa shape index (κ1) is 21.5. The van der Waals surface area contributed by atoms with E-state index in [1.165, 1.54) is 5.56 Å². The van der Waals surface area contributed by atoms with E-state index in [0.717, 1.165) is 25.7 Å². The average molecular weight is 401 g/mol. The Morgan fingerprint density at radius 2 is 1.86 bits per heavy atom. The van der Waals surface area contributed by atoms with Gasteiger partial charge in [0.25, 0.3) is 0 Å². The van der Waals surface area contributed by atoms with Gasteiger partial charge in [-0.25, -0.2) is 4.79 Å². The fourth-order valence-corrected chi connectivity index (χ4v) is 4.31. The molecule has 2 aliphatic rings. The predicted molar refractivity (Wildman–Crippen MR) is 112 cm³/mol. The maximum Gasteiger partial charge on any atom is 0.410 e. The van der Waals surface area contributed by atoms with E-state index in [0.29, 0.717) is 25.5 Å². The Balaban J connectivity index is 1.55. The van der Waals surface area contributed by atoms with Crippen molar-refractivity contribution in [2.45, 2.75) is 82.6 Å². The van der Waals surface area contributed by atoms with Gasteiger partial charge in [0.1, 0.15) is 5.60 Å². The van der Waals surface area contributed by atoms with Crippen LogP contribution in [0.4, 0.5) is 4.79 Å². The zero-order chi connectivity index (χ0) is 20.9. The molecule has 1 aromatic carbocycles. The summed E-state index contributed by atoms with van der Waals surface area (Å²) in [6.45, 7) is 6.45. The van der Waals surface area contributed by atoms with Gasteiger partial charge < -0.3 is 14.4 Å². The molecule has 0 spiro atoms.